The Morgan fingerprint density at radius 1 is 0.933 bits per heavy atom. The Kier molecular flexibility index (Phi) is 6.60. The van der Waals surface area contributed by atoms with Gasteiger partial charge in [0.15, 0.2) is 0 Å². The third-order valence-corrected chi connectivity index (χ3v) is 8.65. The zero-order chi connectivity index (χ0) is 21.1. The second kappa shape index (κ2) is 9.20. The molecule has 7 heteroatoms. The molecule has 0 aliphatic carbocycles. The molecule has 1 unspecified atom stereocenters. The maximum Gasteiger partial charge on any atom is 0.243 e. The molecule has 0 radical (unpaired) electrons. The van der Waals surface area contributed by atoms with E-state index in [9.17, 15) is 13.2 Å². The first-order chi connectivity index (χ1) is 14.4. The van der Waals surface area contributed by atoms with E-state index in [1.54, 1.807) is 24.3 Å². The Labute approximate surface area is 187 Å². The predicted octanol–water partition coefficient (Wildman–Crippen LogP) is 4.08. The average Bonchev–Trinajstić information content (AvgIpc) is 3.26. The maximum atomic E-state index is 13.2. The molecular formula is C23H27BrN2O3S. The van der Waals surface area contributed by atoms with Gasteiger partial charge in [0.05, 0.1) is 4.90 Å². The number of benzene rings is 2. The molecule has 0 bridgehead atoms. The van der Waals surface area contributed by atoms with Gasteiger partial charge in [-0.2, -0.15) is 4.31 Å². The minimum atomic E-state index is -3.67. The Bertz CT molecular complexity index is 971. The van der Waals surface area contributed by atoms with E-state index >= 15 is 0 Å². The summed E-state index contributed by atoms with van der Waals surface area (Å²) in [6.45, 7) is 1.82. The monoisotopic (exact) mass is 490 g/mol. The summed E-state index contributed by atoms with van der Waals surface area (Å²) in [6.07, 6.45) is 4.28. The van der Waals surface area contributed by atoms with Gasteiger partial charge in [-0.15, -0.1) is 0 Å². The minimum Gasteiger partial charge on any atom is -0.341 e. The molecule has 0 spiro atoms. The smallest absolute Gasteiger partial charge is 0.243 e. The molecule has 0 N–H and O–H groups in total. The molecule has 1 amide bonds. The molecule has 2 heterocycles. The standard InChI is InChI=1S/C23H27BrN2O3S/c24-20-8-10-21(11-9-20)30(28,29)26-14-4-7-22(26)23(27)25-15-12-19(13-16-25)17-18-5-2-1-3-6-18/h1-3,5-6,8-11,19,22H,4,7,12-17H2. The molecule has 2 aliphatic rings. The number of hydrogen-bond acceptors (Lipinski definition) is 3. The number of hydrogen-bond donors (Lipinski definition) is 0. The highest BCUT2D eigenvalue weighted by atomic mass is 79.9. The molecule has 1 atom stereocenters. The van der Waals surface area contributed by atoms with Crippen LogP contribution in [-0.2, 0) is 21.2 Å². The summed E-state index contributed by atoms with van der Waals surface area (Å²) >= 11 is 3.34. The van der Waals surface area contributed by atoms with Gasteiger partial charge in [-0.25, -0.2) is 8.42 Å². The lowest BCUT2D eigenvalue weighted by atomic mass is 9.90. The fourth-order valence-electron chi connectivity index (χ4n) is 4.53. The molecule has 0 aromatic heterocycles. The van der Waals surface area contributed by atoms with Crippen LogP contribution in [0.3, 0.4) is 0 Å². The SMILES string of the molecule is O=C(C1CCCN1S(=O)(=O)c1ccc(Br)cc1)N1CCC(Cc2ccccc2)CC1. The second-order valence-electron chi connectivity index (χ2n) is 8.19. The van der Waals surface area contributed by atoms with Crippen LogP contribution < -0.4 is 0 Å². The number of carbonyl (C=O) groups excluding carboxylic acids is 1. The summed E-state index contributed by atoms with van der Waals surface area (Å²) in [5, 5.41) is 0. The van der Waals surface area contributed by atoms with E-state index in [-0.39, 0.29) is 10.8 Å². The molecule has 2 saturated heterocycles. The molecular weight excluding hydrogens is 464 g/mol. The van der Waals surface area contributed by atoms with Crippen molar-refractivity contribution in [2.45, 2.75) is 43.0 Å². The topological polar surface area (TPSA) is 57.7 Å². The zero-order valence-corrected chi connectivity index (χ0v) is 19.3. The summed E-state index contributed by atoms with van der Waals surface area (Å²) in [4.78, 5) is 15.3. The normalized spacial score (nSPS) is 21.1. The van der Waals surface area contributed by atoms with Gasteiger partial charge in [-0.1, -0.05) is 46.3 Å². The van der Waals surface area contributed by atoms with Gasteiger partial charge < -0.3 is 4.90 Å². The van der Waals surface area contributed by atoms with Crippen molar-refractivity contribution in [1.82, 2.24) is 9.21 Å². The first-order valence-corrected chi connectivity index (χ1v) is 12.8. The van der Waals surface area contributed by atoms with Crippen LogP contribution >= 0.6 is 15.9 Å². The van der Waals surface area contributed by atoms with Crippen molar-refractivity contribution in [2.75, 3.05) is 19.6 Å². The Morgan fingerprint density at radius 2 is 1.60 bits per heavy atom. The zero-order valence-electron chi connectivity index (χ0n) is 16.9. The molecule has 160 valence electrons. The van der Waals surface area contributed by atoms with Crippen molar-refractivity contribution in [3.8, 4) is 0 Å². The van der Waals surface area contributed by atoms with Gasteiger partial charge in [0.25, 0.3) is 0 Å². The van der Waals surface area contributed by atoms with E-state index in [4.69, 9.17) is 0 Å². The van der Waals surface area contributed by atoms with Crippen LogP contribution in [0.15, 0.2) is 64.0 Å². The van der Waals surface area contributed by atoms with Gasteiger partial charge in [-0.05, 0) is 67.9 Å². The third kappa shape index (κ3) is 4.63. The summed E-state index contributed by atoms with van der Waals surface area (Å²) < 4.78 is 28.5. The van der Waals surface area contributed by atoms with Crippen molar-refractivity contribution in [3.05, 3.63) is 64.6 Å². The van der Waals surface area contributed by atoms with Crippen LogP contribution in [-0.4, -0.2) is 49.2 Å². The number of sulfonamides is 1. The van der Waals surface area contributed by atoms with Crippen LogP contribution in [0.25, 0.3) is 0 Å². The predicted molar refractivity (Wildman–Crippen MR) is 121 cm³/mol. The van der Waals surface area contributed by atoms with Crippen LogP contribution in [0.4, 0.5) is 0 Å². The van der Waals surface area contributed by atoms with Crippen LogP contribution in [0.2, 0.25) is 0 Å². The van der Waals surface area contributed by atoms with Crippen LogP contribution in [0.5, 0.6) is 0 Å². The number of rotatable bonds is 5. The lowest BCUT2D eigenvalue weighted by Crippen LogP contribution is -2.50. The summed E-state index contributed by atoms with van der Waals surface area (Å²) in [6, 6.07) is 16.5. The Morgan fingerprint density at radius 3 is 2.27 bits per heavy atom. The van der Waals surface area contributed by atoms with Crippen molar-refractivity contribution < 1.29 is 13.2 Å². The molecule has 2 fully saturated rings. The highest BCUT2D eigenvalue weighted by Crippen LogP contribution is 2.30. The van der Waals surface area contributed by atoms with Gasteiger partial charge in [0.2, 0.25) is 15.9 Å². The van der Waals surface area contributed by atoms with Crippen molar-refractivity contribution in [1.29, 1.82) is 0 Å². The highest BCUT2D eigenvalue weighted by Gasteiger charge is 2.41. The van der Waals surface area contributed by atoms with E-state index in [0.29, 0.717) is 32.0 Å². The summed E-state index contributed by atoms with van der Waals surface area (Å²) in [5.41, 5.74) is 1.34. The number of amides is 1. The van der Waals surface area contributed by atoms with E-state index in [1.807, 2.05) is 11.0 Å². The maximum absolute atomic E-state index is 13.2. The fraction of sp³-hybridized carbons (Fsp3) is 0.435. The van der Waals surface area contributed by atoms with Gasteiger partial charge in [0, 0.05) is 24.1 Å². The quantitative estimate of drug-likeness (QED) is 0.634. The minimum absolute atomic E-state index is 0.0358. The van der Waals surface area contributed by atoms with E-state index in [1.165, 1.54) is 9.87 Å². The molecule has 2 aromatic carbocycles. The number of likely N-dealkylation sites (tertiary alicyclic amines) is 1. The Hall–Kier alpha value is -1.70. The fourth-order valence-corrected chi connectivity index (χ4v) is 6.45. The first kappa shape index (κ1) is 21.5. The summed E-state index contributed by atoms with van der Waals surface area (Å²) in [5.74, 6) is 0.536. The largest absolute Gasteiger partial charge is 0.341 e. The van der Waals surface area contributed by atoms with E-state index < -0.39 is 16.1 Å². The van der Waals surface area contributed by atoms with E-state index in [0.717, 1.165) is 30.2 Å². The molecule has 4 rings (SSSR count). The lowest BCUT2D eigenvalue weighted by Gasteiger charge is -2.35. The molecule has 0 saturated carbocycles. The lowest BCUT2D eigenvalue weighted by molar-refractivity contribution is -0.136. The van der Waals surface area contributed by atoms with Crippen molar-refractivity contribution >= 4 is 31.9 Å². The Balaban J connectivity index is 1.40. The van der Waals surface area contributed by atoms with Gasteiger partial charge in [0.1, 0.15) is 6.04 Å². The molecule has 2 aromatic rings. The second-order valence-corrected chi connectivity index (χ2v) is 11.0. The number of nitrogens with zero attached hydrogens (tertiary/aromatic N) is 2. The van der Waals surface area contributed by atoms with Crippen LogP contribution in [0.1, 0.15) is 31.2 Å². The molecule has 5 nitrogen and oxygen atoms in total. The van der Waals surface area contributed by atoms with Crippen molar-refractivity contribution in [2.24, 2.45) is 5.92 Å². The van der Waals surface area contributed by atoms with Crippen molar-refractivity contribution in [3.63, 3.8) is 0 Å². The van der Waals surface area contributed by atoms with E-state index in [2.05, 4.69) is 40.2 Å². The molecule has 30 heavy (non-hydrogen) atoms. The number of piperidine rings is 1. The first-order valence-electron chi connectivity index (χ1n) is 10.6. The highest BCUT2D eigenvalue weighted by molar-refractivity contribution is 9.10. The van der Waals surface area contributed by atoms with Gasteiger partial charge >= 0.3 is 0 Å². The summed E-state index contributed by atoms with van der Waals surface area (Å²) in [7, 11) is -3.67. The number of halogens is 1. The van der Waals surface area contributed by atoms with Crippen LogP contribution in [0, 0.1) is 5.92 Å². The average molecular weight is 491 g/mol. The number of carbonyl (C=O) groups is 1. The third-order valence-electron chi connectivity index (χ3n) is 6.20. The molecule has 2 aliphatic heterocycles. The van der Waals surface area contributed by atoms with Gasteiger partial charge in [-0.3, -0.25) is 4.79 Å².